The van der Waals surface area contributed by atoms with Crippen LogP contribution in [0.25, 0.3) is 0 Å². The van der Waals surface area contributed by atoms with Gasteiger partial charge in [0, 0.05) is 25.4 Å². The van der Waals surface area contributed by atoms with E-state index in [0.29, 0.717) is 6.42 Å². The Balaban J connectivity index is 2.21. The van der Waals surface area contributed by atoms with Gasteiger partial charge in [0.2, 0.25) is 0 Å². The highest BCUT2D eigenvalue weighted by Gasteiger charge is 2.14. The van der Waals surface area contributed by atoms with Crippen molar-refractivity contribution in [3.8, 4) is 0 Å². The summed E-state index contributed by atoms with van der Waals surface area (Å²) in [4.78, 5) is 4.31. The highest BCUT2D eigenvalue weighted by Crippen LogP contribution is 2.22. The van der Waals surface area contributed by atoms with Crippen LogP contribution in [0.15, 0.2) is 30.6 Å². The maximum absolute atomic E-state index is 10.4. The third-order valence-corrected chi connectivity index (χ3v) is 3.31. The summed E-state index contributed by atoms with van der Waals surface area (Å²) in [5, 5.41) is 10.4. The first-order valence-corrected chi connectivity index (χ1v) is 6.37. The van der Waals surface area contributed by atoms with Gasteiger partial charge in [0.15, 0.2) is 0 Å². The summed E-state index contributed by atoms with van der Waals surface area (Å²) in [6, 6.07) is 6.18. The van der Waals surface area contributed by atoms with Gasteiger partial charge in [-0.25, -0.2) is 4.98 Å². The van der Waals surface area contributed by atoms with Gasteiger partial charge >= 0.3 is 0 Å². The Labute approximate surface area is 108 Å². The Morgan fingerprint density at radius 2 is 2.11 bits per heavy atom. The Bertz CT molecular complexity index is 531. The van der Waals surface area contributed by atoms with Crippen molar-refractivity contribution in [1.29, 1.82) is 0 Å². The van der Waals surface area contributed by atoms with Gasteiger partial charge in [-0.1, -0.05) is 23.8 Å². The van der Waals surface area contributed by atoms with Crippen LogP contribution in [0.5, 0.6) is 0 Å². The van der Waals surface area contributed by atoms with E-state index in [2.05, 4.69) is 34.7 Å². The van der Waals surface area contributed by atoms with E-state index < -0.39 is 6.10 Å². The number of aryl methyl sites for hydroxylation is 3. The average Bonchev–Trinajstić information content (AvgIpc) is 2.79. The molecule has 3 heteroatoms. The van der Waals surface area contributed by atoms with Gasteiger partial charge in [0.05, 0.1) is 6.10 Å². The molecule has 1 heterocycles. The van der Waals surface area contributed by atoms with E-state index in [0.717, 1.165) is 23.5 Å². The number of hydrogen-bond acceptors (Lipinski definition) is 2. The Morgan fingerprint density at radius 3 is 2.83 bits per heavy atom. The van der Waals surface area contributed by atoms with E-state index in [4.69, 9.17) is 0 Å². The van der Waals surface area contributed by atoms with Crippen LogP contribution >= 0.6 is 0 Å². The minimum Gasteiger partial charge on any atom is -0.388 e. The molecule has 0 aliphatic heterocycles. The second kappa shape index (κ2) is 5.36. The second-order valence-corrected chi connectivity index (χ2v) is 4.71. The van der Waals surface area contributed by atoms with Crippen LogP contribution in [0.2, 0.25) is 0 Å². The van der Waals surface area contributed by atoms with E-state index in [1.807, 2.05) is 20.0 Å². The van der Waals surface area contributed by atoms with Gasteiger partial charge in [-0.05, 0) is 31.9 Å². The molecule has 2 aromatic rings. The number of rotatable bonds is 4. The lowest BCUT2D eigenvalue weighted by Gasteiger charge is -2.15. The lowest BCUT2D eigenvalue weighted by molar-refractivity contribution is 0.174. The van der Waals surface area contributed by atoms with E-state index in [9.17, 15) is 5.11 Å². The SMILES string of the molecule is CCn1ccnc1CC(O)c1cc(C)ccc1C. The molecule has 1 N–H and O–H groups in total. The van der Waals surface area contributed by atoms with Crippen molar-refractivity contribution in [3.05, 3.63) is 53.1 Å². The summed E-state index contributed by atoms with van der Waals surface area (Å²) in [6.07, 6.45) is 3.81. The van der Waals surface area contributed by atoms with E-state index in [1.165, 1.54) is 5.56 Å². The van der Waals surface area contributed by atoms with Gasteiger partial charge < -0.3 is 9.67 Å². The molecule has 1 aromatic heterocycles. The summed E-state index contributed by atoms with van der Waals surface area (Å²) in [5.74, 6) is 0.936. The Kier molecular flexibility index (Phi) is 3.82. The van der Waals surface area contributed by atoms with Gasteiger partial charge in [-0.3, -0.25) is 0 Å². The van der Waals surface area contributed by atoms with Crippen LogP contribution in [0.1, 0.15) is 35.5 Å². The van der Waals surface area contributed by atoms with Crippen LogP contribution in [-0.2, 0) is 13.0 Å². The molecule has 3 nitrogen and oxygen atoms in total. The standard InChI is InChI=1S/C15H20N2O/c1-4-17-8-7-16-15(17)10-14(18)13-9-11(2)5-6-12(13)3/h5-9,14,18H,4,10H2,1-3H3. The molecule has 0 aliphatic rings. The second-order valence-electron chi connectivity index (χ2n) is 4.71. The molecule has 1 unspecified atom stereocenters. The normalized spacial score (nSPS) is 12.7. The number of aliphatic hydroxyl groups excluding tert-OH is 1. The van der Waals surface area contributed by atoms with Crippen LogP contribution in [0.4, 0.5) is 0 Å². The molecule has 0 saturated carbocycles. The lowest BCUT2D eigenvalue weighted by Crippen LogP contribution is -2.09. The highest BCUT2D eigenvalue weighted by atomic mass is 16.3. The highest BCUT2D eigenvalue weighted by molar-refractivity contribution is 5.32. The van der Waals surface area contributed by atoms with Crippen molar-refractivity contribution in [3.63, 3.8) is 0 Å². The topological polar surface area (TPSA) is 38.0 Å². The van der Waals surface area contributed by atoms with Crippen LogP contribution in [0.3, 0.4) is 0 Å². The summed E-state index contributed by atoms with van der Waals surface area (Å²) in [5.41, 5.74) is 3.30. The van der Waals surface area contributed by atoms with Crippen molar-refractivity contribution in [2.24, 2.45) is 0 Å². The zero-order valence-corrected chi connectivity index (χ0v) is 11.2. The number of aliphatic hydroxyl groups is 1. The predicted molar refractivity (Wildman–Crippen MR) is 72.5 cm³/mol. The molecule has 1 atom stereocenters. The van der Waals surface area contributed by atoms with Gasteiger partial charge in [0.1, 0.15) is 5.82 Å². The Hall–Kier alpha value is -1.61. The molecule has 0 saturated heterocycles. The molecule has 0 fully saturated rings. The molecule has 1 aromatic carbocycles. The van der Waals surface area contributed by atoms with Crippen LogP contribution < -0.4 is 0 Å². The van der Waals surface area contributed by atoms with Crippen molar-refractivity contribution in [2.75, 3.05) is 0 Å². The van der Waals surface area contributed by atoms with Crippen LogP contribution in [0, 0.1) is 13.8 Å². The quantitative estimate of drug-likeness (QED) is 0.898. The fraction of sp³-hybridized carbons (Fsp3) is 0.400. The third kappa shape index (κ3) is 2.62. The largest absolute Gasteiger partial charge is 0.388 e. The van der Waals surface area contributed by atoms with Gasteiger partial charge in [-0.15, -0.1) is 0 Å². The number of hydrogen-bond donors (Lipinski definition) is 1. The lowest BCUT2D eigenvalue weighted by atomic mass is 9.99. The minimum atomic E-state index is -0.488. The third-order valence-electron chi connectivity index (χ3n) is 3.31. The molecule has 0 radical (unpaired) electrons. The molecular formula is C15H20N2O. The van der Waals surface area contributed by atoms with Gasteiger partial charge in [-0.2, -0.15) is 0 Å². The predicted octanol–water partition coefficient (Wildman–Crippen LogP) is 2.80. The monoisotopic (exact) mass is 244 g/mol. The number of imidazole rings is 1. The first-order chi connectivity index (χ1) is 8.61. The van der Waals surface area contributed by atoms with Crippen molar-refractivity contribution in [1.82, 2.24) is 9.55 Å². The fourth-order valence-corrected chi connectivity index (χ4v) is 2.22. The molecule has 0 amide bonds. The number of aromatic nitrogens is 2. The van der Waals surface area contributed by atoms with E-state index >= 15 is 0 Å². The maximum Gasteiger partial charge on any atom is 0.111 e. The molecule has 0 aliphatic carbocycles. The first-order valence-electron chi connectivity index (χ1n) is 6.37. The molecule has 0 bridgehead atoms. The van der Waals surface area contributed by atoms with Gasteiger partial charge in [0.25, 0.3) is 0 Å². The zero-order chi connectivity index (χ0) is 13.1. The fourth-order valence-electron chi connectivity index (χ4n) is 2.22. The first kappa shape index (κ1) is 12.8. The minimum absolute atomic E-state index is 0.488. The molecule has 96 valence electrons. The smallest absolute Gasteiger partial charge is 0.111 e. The zero-order valence-electron chi connectivity index (χ0n) is 11.2. The van der Waals surface area contributed by atoms with E-state index in [-0.39, 0.29) is 0 Å². The van der Waals surface area contributed by atoms with Crippen molar-refractivity contribution in [2.45, 2.75) is 39.8 Å². The summed E-state index contributed by atoms with van der Waals surface area (Å²) in [6.45, 7) is 7.04. The molecular weight excluding hydrogens is 224 g/mol. The molecule has 2 rings (SSSR count). The molecule has 18 heavy (non-hydrogen) atoms. The Morgan fingerprint density at radius 1 is 1.33 bits per heavy atom. The maximum atomic E-state index is 10.4. The molecule has 0 spiro atoms. The average molecular weight is 244 g/mol. The van der Waals surface area contributed by atoms with Crippen molar-refractivity contribution < 1.29 is 5.11 Å². The number of benzene rings is 1. The van der Waals surface area contributed by atoms with Crippen molar-refractivity contribution >= 4 is 0 Å². The van der Waals surface area contributed by atoms with Crippen LogP contribution in [-0.4, -0.2) is 14.7 Å². The summed E-state index contributed by atoms with van der Waals surface area (Å²) >= 11 is 0. The summed E-state index contributed by atoms with van der Waals surface area (Å²) < 4.78 is 2.06. The van der Waals surface area contributed by atoms with E-state index in [1.54, 1.807) is 6.20 Å². The number of nitrogens with zero attached hydrogens (tertiary/aromatic N) is 2. The summed E-state index contributed by atoms with van der Waals surface area (Å²) in [7, 11) is 0.